The third kappa shape index (κ3) is 2.85. The predicted octanol–water partition coefficient (Wildman–Crippen LogP) is 3.76. The maximum Gasteiger partial charge on any atom is 0.197 e. The number of nitrogens with one attached hydrogen (secondary N) is 1. The molecule has 0 saturated heterocycles. The van der Waals surface area contributed by atoms with Crippen LogP contribution in [0.3, 0.4) is 0 Å². The van der Waals surface area contributed by atoms with Gasteiger partial charge in [-0.2, -0.15) is 0 Å². The standard InChI is InChI=1S/C16H12ClNO3/c17-11-1-3-12(4-2-11)18-8-10-9-21-15-7-13(19)5-6-14(15)16(10)20/h1-7,9,18-19H,8H2. The molecule has 5 heteroatoms. The van der Waals surface area contributed by atoms with Gasteiger partial charge in [0.2, 0.25) is 0 Å². The highest BCUT2D eigenvalue weighted by Crippen LogP contribution is 2.18. The molecular weight excluding hydrogens is 290 g/mol. The number of benzene rings is 2. The van der Waals surface area contributed by atoms with E-state index in [9.17, 15) is 9.90 Å². The van der Waals surface area contributed by atoms with Gasteiger partial charge in [-0.05, 0) is 36.4 Å². The van der Waals surface area contributed by atoms with Gasteiger partial charge in [0.05, 0.1) is 17.2 Å². The van der Waals surface area contributed by atoms with Crippen LogP contribution >= 0.6 is 11.6 Å². The summed E-state index contributed by atoms with van der Waals surface area (Å²) in [6, 6.07) is 11.7. The highest BCUT2D eigenvalue weighted by Gasteiger charge is 2.07. The number of hydrogen-bond acceptors (Lipinski definition) is 4. The van der Waals surface area contributed by atoms with Crippen LogP contribution in [0.2, 0.25) is 5.02 Å². The summed E-state index contributed by atoms with van der Waals surface area (Å²) in [6.45, 7) is 0.348. The molecular formula is C16H12ClNO3. The SMILES string of the molecule is O=c1c(CNc2ccc(Cl)cc2)coc2cc(O)ccc12. The van der Waals surface area contributed by atoms with Gasteiger partial charge in [-0.3, -0.25) is 4.79 Å². The molecule has 0 bridgehead atoms. The third-order valence-corrected chi connectivity index (χ3v) is 3.41. The molecule has 1 heterocycles. The molecule has 4 nitrogen and oxygen atoms in total. The van der Waals surface area contributed by atoms with Gasteiger partial charge >= 0.3 is 0 Å². The average Bonchev–Trinajstić information content (AvgIpc) is 2.48. The summed E-state index contributed by atoms with van der Waals surface area (Å²) >= 11 is 5.82. The van der Waals surface area contributed by atoms with Crippen molar-refractivity contribution in [3.8, 4) is 5.75 Å². The van der Waals surface area contributed by atoms with Crippen molar-refractivity contribution in [3.05, 3.63) is 69.5 Å². The first-order valence-electron chi connectivity index (χ1n) is 6.36. The fourth-order valence-corrected chi connectivity index (χ4v) is 2.17. The summed E-state index contributed by atoms with van der Waals surface area (Å²) in [5.74, 6) is 0.0673. The first-order chi connectivity index (χ1) is 10.1. The van der Waals surface area contributed by atoms with E-state index < -0.39 is 0 Å². The molecule has 106 valence electrons. The Morgan fingerprint density at radius 2 is 1.90 bits per heavy atom. The van der Waals surface area contributed by atoms with Crippen LogP contribution in [0.15, 0.2) is 57.9 Å². The Hall–Kier alpha value is -2.46. The minimum atomic E-state index is -0.113. The van der Waals surface area contributed by atoms with Gasteiger partial charge in [0.15, 0.2) is 5.43 Å². The highest BCUT2D eigenvalue weighted by molar-refractivity contribution is 6.30. The lowest BCUT2D eigenvalue weighted by molar-refractivity contribution is 0.474. The van der Waals surface area contributed by atoms with E-state index in [1.165, 1.54) is 18.4 Å². The molecule has 1 aromatic heterocycles. The largest absolute Gasteiger partial charge is 0.508 e. The molecule has 0 aliphatic rings. The van der Waals surface area contributed by atoms with E-state index in [1.807, 2.05) is 12.1 Å². The fourth-order valence-electron chi connectivity index (χ4n) is 2.04. The van der Waals surface area contributed by atoms with Gasteiger partial charge < -0.3 is 14.8 Å². The van der Waals surface area contributed by atoms with Crippen LogP contribution in [0.25, 0.3) is 11.0 Å². The molecule has 0 radical (unpaired) electrons. The first-order valence-corrected chi connectivity index (χ1v) is 6.74. The van der Waals surface area contributed by atoms with Gasteiger partial charge in [-0.1, -0.05) is 11.6 Å². The quantitative estimate of drug-likeness (QED) is 0.773. The van der Waals surface area contributed by atoms with E-state index in [4.69, 9.17) is 16.0 Å². The molecule has 21 heavy (non-hydrogen) atoms. The van der Waals surface area contributed by atoms with Gasteiger partial charge in [0.25, 0.3) is 0 Å². The topological polar surface area (TPSA) is 62.5 Å². The summed E-state index contributed by atoms with van der Waals surface area (Å²) in [6.07, 6.45) is 1.41. The average molecular weight is 302 g/mol. The molecule has 0 spiro atoms. The third-order valence-electron chi connectivity index (χ3n) is 3.16. The van der Waals surface area contributed by atoms with Crippen molar-refractivity contribution in [2.45, 2.75) is 6.54 Å². The summed E-state index contributed by atoms with van der Waals surface area (Å²) in [4.78, 5) is 12.3. The lowest BCUT2D eigenvalue weighted by Crippen LogP contribution is -2.12. The zero-order valence-corrected chi connectivity index (χ0v) is 11.7. The zero-order valence-electron chi connectivity index (χ0n) is 11.0. The monoisotopic (exact) mass is 301 g/mol. The first kappa shape index (κ1) is 13.5. The lowest BCUT2D eigenvalue weighted by Gasteiger charge is -2.06. The van der Waals surface area contributed by atoms with Crippen LogP contribution in [0.1, 0.15) is 5.56 Å². The minimum Gasteiger partial charge on any atom is -0.508 e. The molecule has 0 amide bonds. The van der Waals surface area contributed by atoms with E-state index in [-0.39, 0.29) is 11.2 Å². The Morgan fingerprint density at radius 3 is 2.67 bits per heavy atom. The maximum absolute atomic E-state index is 12.3. The normalized spacial score (nSPS) is 10.7. The molecule has 0 aliphatic heterocycles. The molecule has 3 aromatic rings. The number of rotatable bonds is 3. The van der Waals surface area contributed by atoms with Crippen LogP contribution in [-0.2, 0) is 6.54 Å². The van der Waals surface area contributed by atoms with Crippen molar-refractivity contribution in [1.82, 2.24) is 0 Å². The Kier molecular flexibility index (Phi) is 3.54. The minimum absolute atomic E-state index is 0.0673. The zero-order chi connectivity index (χ0) is 14.8. The summed E-state index contributed by atoms with van der Waals surface area (Å²) < 4.78 is 5.39. The van der Waals surface area contributed by atoms with Crippen molar-refractivity contribution in [3.63, 3.8) is 0 Å². The second-order valence-electron chi connectivity index (χ2n) is 4.63. The molecule has 0 saturated carbocycles. The predicted molar refractivity (Wildman–Crippen MR) is 82.9 cm³/mol. The molecule has 2 aromatic carbocycles. The smallest absolute Gasteiger partial charge is 0.197 e. The van der Waals surface area contributed by atoms with Gasteiger partial charge in [0, 0.05) is 23.3 Å². The van der Waals surface area contributed by atoms with E-state index in [2.05, 4.69) is 5.32 Å². The lowest BCUT2D eigenvalue weighted by atomic mass is 10.1. The van der Waals surface area contributed by atoms with Gasteiger partial charge in [0.1, 0.15) is 11.3 Å². The molecule has 3 rings (SSSR count). The van der Waals surface area contributed by atoms with Crippen molar-refractivity contribution in [1.29, 1.82) is 0 Å². The Morgan fingerprint density at radius 1 is 1.14 bits per heavy atom. The molecule has 0 unspecified atom stereocenters. The molecule has 0 aliphatic carbocycles. The number of fused-ring (bicyclic) bond motifs is 1. The summed E-state index contributed by atoms with van der Waals surface area (Å²) in [7, 11) is 0. The number of anilines is 1. The van der Waals surface area contributed by atoms with Crippen molar-refractivity contribution < 1.29 is 9.52 Å². The second-order valence-corrected chi connectivity index (χ2v) is 5.07. The maximum atomic E-state index is 12.3. The Labute approximate surface area is 125 Å². The number of halogens is 1. The van der Waals surface area contributed by atoms with Crippen LogP contribution in [0.4, 0.5) is 5.69 Å². The van der Waals surface area contributed by atoms with Crippen LogP contribution in [0, 0.1) is 0 Å². The van der Waals surface area contributed by atoms with Crippen molar-refractivity contribution in [2.24, 2.45) is 0 Å². The van der Waals surface area contributed by atoms with Crippen LogP contribution < -0.4 is 10.7 Å². The summed E-state index contributed by atoms with van der Waals surface area (Å²) in [5.41, 5.74) is 1.64. The number of aromatic hydroxyl groups is 1. The number of hydrogen-bond donors (Lipinski definition) is 2. The fraction of sp³-hybridized carbons (Fsp3) is 0.0625. The van der Waals surface area contributed by atoms with Crippen molar-refractivity contribution >= 4 is 28.3 Å². The Bertz CT molecular complexity index is 840. The van der Waals surface area contributed by atoms with Crippen LogP contribution in [-0.4, -0.2) is 5.11 Å². The number of phenolic OH excluding ortho intramolecular Hbond substituents is 1. The van der Waals surface area contributed by atoms with Gasteiger partial charge in [-0.25, -0.2) is 0 Å². The van der Waals surface area contributed by atoms with Crippen molar-refractivity contribution in [2.75, 3.05) is 5.32 Å². The van der Waals surface area contributed by atoms with E-state index in [0.717, 1.165) is 5.69 Å². The van der Waals surface area contributed by atoms with Gasteiger partial charge in [-0.15, -0.1) is 0 Å². The molecule has 2 N–H and O–H groups in total. The molecule has 0 atom stereocenters. The molecule has 0 fully saturated rings. The summed E-state index contributed by atoms with van der Waals surface area (Å²) in [5, 5.41) is 13.6. The van der Waals surface area contributed by atoms with E-state index >= 15 is 0 Å². The Balaban J connectivity index is 1.87. The second kappa shape index (κ2) is 5.50. The van der Waals surface area contributed by atoms with E-state index in [0.29, 0.717) is 28.1 Å². The van der Waals surface area contributed by atoms with E-state index in [1.54, 1.807) is 18.2 Å². The highest BCUT2D eigenvalue weighted by atomic mass is 35.5. The van der Waals surface area contributed by atoms with Crippen LogP contribution in [0.5, 0.6) is 5.75 Å². The number of phenols is 1.